The van der Waals surface area contributed by atoms with Crippen LogP contribution in [0.5, 0.6) is 0 Å². The van der Waals surface area contributed by atoms with Crippen molar-refractivity contribution in [2.45, 2.75) is 20.3 Å². The molecule has 72 valence electrons. The molecule has 0 fully saturated rings. The quantitative estimate of drug-likeness (QED) is 0.634. The first-order valence-corrected chi connectivity index (χ1v) is 3.93. The smallest absolute Gasteiger partial charge is 0.0858 e. The van der Waals surface area contributed by atoms with Gasteiger partial charge in [-0.25, -0.2) is 0 Å². The topological polar surface area (TPSA) is 49.7 Å². The normalized spacial score (nSPS) is 10.0. The summed E-state index contributed by atoms with van der Waals surface area (Å²) in [5.74, 6) is 0. The second kappa shape index (κ2) is 16.7. The minimum atomic E-state index is 0.0938. The molecule has 0 unspecified atom stereocenters. The lowest BCUT2D eigenvalue weighted by atomic mass is 10.5. The molecule has 0 radical (unpaired) electrons. The highest BCUT2D eigenvalue weighted by atomic mass is 16.5. The van der Waals surface area contributed by atoms with Crippen molar-refractivity contribution >= 4 is 0 Å². The lowest BCUT2D eigenvalue weighted by Gasteiger charge is -1.82. The fraction of sp³-hybridized carbons (Fsp3) is 0.556. The molecule has 0 spiro atoms. The van der Waals surface area contributed by atoms with E-state index in [0.29, 0.717) is 6.42 Å². The Bertz CT molecular complexity index is 96.3. The van der Waals surface area contributed by atoms with Crippen LogP contribution in [0.25, 0.3) is 0 Å². The highest BCUT2D eigenvalue weighted by molar-refractivity contribution is 4.73. The van der Waals surface area contributed by atoms with Crippen LogP contribution < -0.4 is 0 Å². The monoisotopic (exact) mass is 174 g/mol. The molecule has 2 N–H and O–H groups in total. The second-order valence-electron chi connectivity index (χ2n) is 1.88. The second-order valence-corrected chi connectivity index (χ2v) is 1.88. The van der Waals surface area contributed by atoms with Gasteiger partial charge in [-0.15, -0.1) is 0 Å². The van der Waals surface area contributed by atoms with Crippen LogP contribution in [0.1, 0.15) is 20.3 Å². The van der Waals surface area contributed by atoms with E-state index >= 15 is 0 Å². The molecule has 0 aromatic carbocycles. The van der Waals surface area contributed by atoms with Gasteiger partial charge in [0.05, 0.1) is 12.5 Å². The minimum Gasteiger partial charge on any atom is -0.473 e. The Morgan fingerprint density at radius 1 is 1.00 bits per heavy atom. The third-order valence-corrected chi connectivity index (χ3v) is 0.746. The maximum atomic E-state index is 7.91. The van der Waals surface area contributed by atoms with Crippen molar-refractivity contribution in [1.29, 1.82) is 0 Å². The van der Waals surface area contributed by atoms with E-state index < -0.39 is 0 Å². The standard InChI is InChI=1S/C6H10O.C3H8O2/c1-3-5-7-6-4-2;4-2-1-3-5/h3-6H,1-2H3;4-5H,1-3H2. The Balaban J connectivity index is 0. The summed E-state index contributed by atoms with van der Waals surface area (Å²) in [5, 5.41) is 15.8. The summed E-state index contributed by atoms with van der Waals surface area (Å²) >= 11 is 0. The van der Waals surface area contributed by atoms with Gasteiger partial charge in [-0.05, 0) is 20.3 Å². The summed E-state index contributed by atoms with van der Waals surface area (Å²) in [7, 11) is 0. The van der Waals surface area contributed by atoms with Crippen molar-refractivity contribution in [1.82, 2.24) is 0 Å². The molecule has 0 bridgehead atoms. The average Bonchev–Trinajstić information content (AvgIpc) is 2.08. The van der Waals surface area contributed by atoms with Crippen LogP contribution >= 0.6 is 0 Å². The zero-order valence-electron chi connectivity index (χ0n) is 7.73. The van der Waals surface area contributed by atoms with Gasteiger partial charge in [0.2, 0.25) is 0 Å². The molecule has 0 aromatic rings. The number of hydrogen-bond donors (Lipinski definition) is 2. The molecule has 12 heavy (non-hydrogen) atoms. The fourth-order valence-electron chi connectivity index (χ4n) is 0.273. The average molecular weight is 174 g/mol. The van der Waals surface area contributed by atoms with Crippen molar-refractivity contribution in [2.24, 2.45) is 0 Å². The Hall–Kier alpha value is -0.800. The summed E-state index contributed by atoms with van der Waals surface area (Å²) < 4.78 is 4.77. The van der Waals surface area contributed by atoms with Crippen LogP contribution in [0.2, 0.25) is 0 Å². The zero-order valence-corrected chi connectivity index (χ0v) is 7.73. The zero-order chi connectivity index (χ0) is 9.66. The number of rotatable bonds is 4. The summed E-state index contributed by atoms with van der Waals surface area (Å²) in [6, 6.07) is 0. The largest absolute Gasteiger partial charge is 0.473 e. The van der Waals surface area contributed by atoms with E-state index in [9.17, 15) is 0 Å². The van der Waals surface area contributed by atoms with Gasteiger partial charge in [-0.3, -0.25) is 0 Å². The Kier molecular flexibility index (Phi) is 19.1. The molecule has 0 amide bonds. The molecule has 0 saturated heterocycles. The van der Waals surface area contributed by atoms with Gasteiger partial charge in [0.25, 0.3) is 0 Å². The number of allylic oxidation sites excluding steroid dienone is 2. The number of hydrogen-bond acceptors (Lipinski definition) is 3. The van der Waals surface area contributed by atoms with Gasteiger partial charge >= 0.3 is 0 Å². The molecule has 0 aliphatic rings. The SMILES string of the molecule is CC=COC=CC.OCCCO. The first-order chi connectivity index (χ1) is 5.83. The van der Waals surface area contributed by atoms with Crippen LogP contribution in [0.4, 0.5) is 0 Å². The van der Waals surface area contributed by atoms with Crippen molar-refractivity contribution < 1.29 is 14.9 Å². The van der Waals surface area contributed by atoms with Crippen LogP contribution in [-0.2, 0) is 4.74 Å². The first-order valence-electron chi connectivity index (χ1n) is 3.93. The van der Waals surface area contributed by atoms with Crippen LogP contribution in [0, 0.1) is 0 Å². The van der Waals surface area contributed by atoms with E-state index in [2.05, 4.69) is 0 Å². The molecule has 0 saturated carbocycles. The minimum absolute atomic E-state index is 0.0938. The Morgan fingerprint density at radius 3 is 1.58 bits per heavy atom. The van der Waals surface area contributed by atoms with Crippen molar-refractivity contribution in [3.05, 3.63) is 24.7 Å². The summed E-state index contributed by atoms with van der Waals surface area (Å²) in [5.41, 5.74) is 0. The molecular weight excluding hydrogens is 156 g/mol. The molecule has 3 heteroatoms. The van der Waals surface area contributed by atoms with E-state index in [0.717, 1.165) is 0 Å². The molecule has 0 aliphatic heterocycles. The maximum Gasteiger partial charge on any atom is 0.0858 e. The third-order valence-electron chi connectivity index (χ3n) is 0.746. The number of aliphatic hydroxyl groups is 2. The summed E-state index contributed by atoms with van der Waals surface area (Å²) in [6.07, 6.45) is 7.42. The fourth-order valence-corrected chi connectivity index (χ4v) is 0.273. The lowest BCUT2D eigenvalue weighted by Crippen LogP contribution is -1.85. The molecule has 0 aliphatic carbocycles. The molecule has 0 heterocycles. The molecule has 0 rings (SSSR count). The highest BCUT2D eigenvalue weighted by Crippen LogP contribution is 1.76. The van der Waals surface area contributed by atoms with E-state index in [-0.39, 0.29) is 13.2 Å². The number of aliphatic hydroxyl groups excluding tert-OH is 2. The van der Waals surface area contributed by atoms with Gasteiger partial charge in [0.15, 0.2) is 0 Å². The van der Waals surface area contributed by atoms with Crippen molar-refractivity contribution in [3.63, 3.8) is 0 Å². The van der Waals surface area contributed by atoms with Crippen molar-refractivity contribution in [2.75, 3.05) is 13.2 Å². The predicted molar refractivity (Wildman–Crippen MR) is 49.5 cm³/mol. The van der Waals surface area contributed by atoms with Gasteiger partial charge in [0, 0.05) is 13.2 Å². The molecule has 0 aromatic heterocycles. The van der Waals surface area contributed by atoms with Crippen LogP contribution in [-0.4, -0.2) is 23.4 Å². The van der Waals surface area contributed by atoms with E-state index in [4.69, 9.17) is 14.9 Å². The van der Waals surface area contributed by atoms with Gasteiger partial charge < -0.3 is 14.9 Å². The molecule has 3 nitrogen and oxygen atoms in total. The van der Waals surface area contributed by atoms with Gasteiger partial charge in [0.1, 0.15) is 0 Å². The van der Waals surface area contributed by atoms with Crippen LogP contribution in [0.3, 0.4) is 0 Å². The number of ether oxygens (including phenoxy) is 1. The Labute approximate surface area is 74.0 Å². The summed E-state index contributed by atoms with van der Waals surface area (Å²) in [6.45, 7) is 4.00. The van der Waals surface area contributed by atoms with E-state index in [1.807, 2.05) is 26.0 Å². The third kappa shape index (κ3) is 22.9. The first kappa shape index (κ1) is 13.8. The molecule has 0 atom stereocenters. The molecular formula is C9H18O3. The Morgan fingerprint density at radius 2 is 1.42 bits per heavy atom. The van der Waals surface area contributed by atoms with Crippen LogP contribution in [0.15, 0.2) is 24.7 Å². The highest BCUT2D eigenvalue weighted by Gasteiger charge is 1.70. The van der Waals surface area contributed by atoms with E-state index in [1.54, 1.807) is 12.5 Å². The maximum absolute atomic E-state index is 7.91. The van der Waals surface area contributed by atoms with Gasteiger partial charge in [-0.1, -0.05) is 12.2 Å². The van der Waals surface area contributed by atoms with Gasteiger partial charge in [-0.2, -0.15) is 0 Å². The summed E-state index contributed by atoms with van der Waals surface area (Å²) in [4.78, 5) is 0. The lowest BCUT2D eigenvalue weighted by molar-refractivity contribution is 0.221. The van der Waals surface area contributed by atoms with E-state index in [1.165, 1.54) is 0 Å². The predicted octanol–water partition coefficient (Wildman–Crippen LogP) is 1.43. The van der Waals surface area contributed by atoms with Crippen molar-refractivity contribution in [3.8, 4) is 0 Å².